The van der Waals surface area contributed by atoms with E-state index in [1.807, 2.05) is 85.4 Å². The molecule has 4 nitrogen and oxygen atoms in total. The number of hydrogen-bond donors (Lipinski definition) is 0. The molecule has 2 heterocycles. The van der Waals surface area contributed by atoms with Gasteiger partial charge in [-0.15, -0.1) is 10.8 Å². The molecule has 2 aliphatic rings. The largest absolute Gasteiger partial charge is 0.517 e. The molecule has 77 heavy (non-hydrogen) atoms. The Hall–Kier alpha value is -3.33. The maximum absolute atomic E-state index is 5.82. The molecule has 2 fully saturated rings. The van der Waals surface area contributed by atoms with Gasteiger partial charge in [0.1, 0.15) is 0 Å². The molecule has 8 rings (SSSR count). The van der Waals surface area contributed by atoms with Crippen LogP contribution in [-0.2, 0) is 37.9 Å². The van der Waals surface area contributed by atoms with Crippen molar-refractivity contribution < 1.29 is 36.5 Å². The number of aryl methyl sites for hydroxylation is 3. The van der Waals surface area contributed by atoms with Gasteiger partial charge in [-0.3, -0.25) is 0 Å². The number of nitrogens with zero attached hydrogens (tertiary/aromatic N) is 2. The second kappa shape index (κ2) is 28.4. The molecule has 0 amide bonds. The maximum atomic E-state index is 5.82. The number of benzene rings is 6. The molecule has 2 saturated heterocycles. The Morgan fingerprint density at radius 2 is 0.805 bits per heavy atom. The van der Waals surface area contributed by atoms with Crippen molar-refractivity contribution in [3.63, 3.8) is 0 Å². The topological polar surface area (TPSA) is 24.9 Å². The van der Waals surface area contributed by atoms with Crippen LogP contribution in [0.4, 0.5) is 11.4 Å². The van der Waals surface area contributed by atoms with Crippen LogP contribution < -0.4 is 19.3 Å². The molecule has 2 atom stereocenters. The molecule has 6 aromatic rings. The Kier molecular flexibility index (Phi) is 23.8. The average Bonchev–Trinajstić information content (AvgIpc) is 3.75. The number of para-hydroxylation sites is 3. The fourth-order valence-corrected chi connectivity index (χ4v) is 14.7. The van der Waals surface area contributed by atoms with Crippen LogP contribution in [0.2, 0.25) is 0 Å². The predicted octanol–water partition coefficient (Wildman–Crippen LogP) is 19.9. The van der Waals surface area contributed by atoms with Crippen LogP contribution in [0.15, 0.2) is 140 Å². The second-order valence-electron chi connectivity index (χ2n) is 23.4. The van der Waals surface area contributed by atoms with Crippen molar-refractivity contribution in [1.82, 2.24) is 0 Å². The normalized spacial score (nSPS) is 18.7. The van der Waals surface area contributed by atoms with Gasteiger partial charge in [0, 0.05) is 22.5 Å². The van der Waals surface area contributed by atoms with Crippen molar-refractivity contribution in [3.8, 4) is 11.5 Å². The van der Waals surface area contributed by atoms with Gasteiger partial charge in [0.25, 0.3) is 0 Å². The predicted molar refractivity (Wildman–Crippen MR) is 332 cm³/mol. The maximum Gasteiger partial charge on any atom is 0.0145 e. The first-order chi connectivity index (χ1) is 36.1. The van der Waals surface area contributed by atoms with E-state index in [1.165, 1.54) is 50.3 Å². The number of rotatable bonds is 12. The zero-order valence-electron chi connectivity index (χ0n) is 48.7. The van der Waals surface area contributed by atoms with E-state index in [4.69, 9.17) is 48.2 Å². The average molecular weight is 1300 g/mol. The molecule has 0 aromatic heterocycles. The summed E-state index contributed by atoms with van der Waals surface area (Å²) in [6.45, 7) is 43.0. The second-order valence-corrected chi connectivity index (χ2v) is 34.9. The first kappa shape index (κ1) is 64.5. The van der Waals surface area contributed by atoms with E-state index in [0.29, 0.717) is 11.8 Å². The van der Waals surface area contributed by atoms with E-state index in [1.54, 1.807) is 0 Å². The quantitative estimate of drug-likeness (QED) is 0.0901. The monoisotopic (exact) mass is 1290 g/mol. The van der Waals surface area contributed by atoms with Crippen molar-refractivity contribution in [2.45, 2.75) is 176 Å². The number of halogens is 4. The van der Waals surface area contributed by atoms with Gasteiger partial charge in [0.05, 0.1) is 0 Å². The Bertz CT molecular complexity index is 2790. The first-order valence-electron chi connectivity index (χ1n) is 26.9. The zero-order valence-corrected chi connectivity index (χ0v) is 55.2. The van der Waals surface area contributed by atoms with Crippen LogP contribution >= 0.6 is 38.8 Å². The first-order valence-corrected chi connectivity index (χ1v) is 37.8. The summed E-state index contributed by atoms with van der Waals surface area (Å²) >= 11 is -3.54. The van der Waals surface area contributed by atoms with Crippen LogP contribution in [0.1, 0.15) is 172 Å². The molecular weight excluding hydrogens is 1210 g/mol. The van der Waals surface area contributed by atoms with Crippen molar-refractivity contribution in [1.29, 1.82) is 0 Å². The van der Waals surface area contributed by atoms with Gasteiger partial charge in [-0.1, -0.05) is 149 Å². The van der Waals surface area contributed by atoms with Crippen molar-refractivity contribution in [3.05, 3.63) is 203 Å². The number of hydrogen-bond acceptors (Lipinski definition) is 4. The Morgan fingerprint density at radius 1 is 0.468 bits per heavy atom. The summed E-state index contributed by atoms with van der Waals surface area (Å²) in [5.41, 5.74) is 14.9. The van der Waals surface area contributed by atoms with Gasteiger partial charge in [0.15, 0.2) is 0 Å². The summed E-state index contributed by atoms with van der Waals surface area (Å²) in [5.74, 6) is 2.72. The van der Waals surface area contributed by atoms with Gasteiger partial charge < -0.3 is 9.80 Å². The van der Waals surface area contributed by atoms with E-state index >= 15 is 0 Å². The summed E-state index contributed by atoms with van der Waals surface area (Å²) in [4.78, 5) is 5.11. The third-order valence-corrected chi connectivity index (χ3v) is 17.7. The fourth-order valence-electron chi connectivity index (χ4n) is 11.1. The molecule has 0 saturated carbocycles. The van der Waals surface area contributed by atoms with Crippen molar-refractivity contribution in [2.75, 3.05) is 9.80 Å². The summed E-state index contributed by atoms with van der Waals surface area (Å²) in [7, 11) is 23.3. The number of ether oxygens (including phenoxy) is 2. The molecular formula is C67H86Cl4N2O2Ru2-2. The standard InChI is InChI=1S/C25H34N.C22H28N.2C10H12O.4ClH.2Ru/c1-18(2)21-14-11-15-22(19(3)4)23(21)26-17-25(7,16-24(26,5)6)20-12-9-8-10-13-20;1-16-12-17(2)20(18(3)13-16)23-15-22(6,14-21(23,4)5)19-10-8-7-9-11-19;2*1-8(2)11-10-7-5-4-6-9(10)3;;;;;;/h8-15,17-19H,16H2,1-7H3;7-13,15H,14H2,1-6H3;2*3-8H,1-2H3;4*1H;;/q2*-1;;;;;;;2*+2/p-4. The molecule has 0 aliphatic carbocycles. The molecule has 0 radical (unpaired) electrons. The van der Waals surface area contributed by atoms with E-state index in [0.717, 1.165) is 35.5 Å². The molecule has 422 valence electrons. The fraction of sp³-hybridized carbons (Fsp3) is 0.403. The van der Waals surface area contributed by atoms with Gasteiger partial charge in [-0.2, -0.15) is 0 Å². The summed E-state index contributed by atoms with van der Waals surface area (Å²) < 4.78 is 15.0. The SMILES string of the molecule is CC(C)Oc1ccccc1[CH]=[Ru]([Cl])[Cl].CC(C)Oc1ccccc1[CH]=[Ru]([Cl])[Cl].CC(C)c1cccc(C(C)C)c1N1[CH-]C(C)(c2ccccc2)CC1(C)C.Cc1cc(C)c(N2[CH-]C(C)(c3ccccc3)CC2(C)C)c(C)c1. The van der Waals surface area contributed by atoms with E-state index in [-0.39, 0.29) is 34.1 Å². The van der Waals surface area contributed by atoms with Crippen LogP contribution in [0.5, 0.6) is 11.5 Å². The minimum atomic E-state index is -1.77. The van der Waals surface area contributed by atoms with Crippen molar-refractivity contribution in [2.24, 2.45) is 0 Å². The minimum Gasteiger partial charge on any atom is -0.517 e. The van der Waals surface area contributed by atoms with Gasteiger partial charge in [-0.25, -0.2) is 13.1 Å². The minimum absolute atomic E-state index is 0.0586. The third kappa shape index (κ3) is 17.8. The molecule has 0 bridgehead atoms. The molecule has 2 unspecified atom stereocenters. The Labute approximate surface area is 492 Å². The van der Waals surface area contributed by atoms with Gasteiger partial charge >= 0.3 is 196 Å². The van der Waals surface area contributed by atoms with Crippen LogP contribution in [0, 0.1) is 33.9 Å². The summed E-state index contributed by atoms with van der Waals surface area (Å²) in [5, 5.41) is 0. The molecule has 6 aromatic carbocycles. The molecule has 0 N–H and O–H groups in total. The van der Waals surface area contributed by atoms with Crippen LogP contribution in [-0.4, -0.2) is 32.5 Å². The van der Waals surface area contributed by atoms with E-state index < -0.39 is 27.0 Å². The third-order valence-electron chi connectivity index (χ3n) is 14.0. The van der Waals surface area contributed by atoms with Gasteiger partial charge in [-0.05, 0) is 95.4 Å². The Morgan fingerprint density at radius 3 is 1.14 bits per heavy atom. The molecule has 10 heteroatoms. The van der Waals surface area contributed by atoms with E-state index in [9.17, 15) is 0 Å². The molecule has 2 aliphatic heterocycles. The van der Waals surface area contributed by atoms with Crippen molar-refractivity contribution >= 4 is 59.4 Å². The van der Waals surface area contributed by atoms with E-state index in [2.05, 4.69) is 204 Å². The number of anilines is 2. The smallest absolute Gasteiger partial charge is 0.0145 e. The molecule has 0 spiro atoms. The Balaban J connectivity index is 0.000000197. The van der Waals surface area contributed by atoms with Crippen LogP contribution in [0.3, 0.4) is 0 Å². The summed E-state index contributed by atoms with van der Waals surface area (Å²) in [6, 6.07) is 48.9. The summed E-state index contributed by atoms with van der Waals surface area (Å²) in [6.07, 6.45) is 2.57. The zero-order chi connectivity index (χ0) is 57.0. The van der Waals surface area contributed by atoms with Crippen LogP contribution in [0.25, 0.3) is 0 Å². The van der Waals surface area contributed by atoms with Gasteiger partial charge in [0.2, 0.25) is 0 Å².